The van der Waals surface area contributed by atoms with Gasteiger partial charge in [0.1, 0.15) is 5.82 Å². The summed E-state index contributed by atoms with van der Waals surface area (Å²) in [5, 5.41) is 0.942. The van der Waals surface area contributed by atoms with Crippen molar-refractivity contribution in [2.45, 2.75) is 4.90 Å². The number of rotatable bonds is 4. The number of aromatic amines is 1. The lowest BCUT2D eigenvalue weighted by Crippen LogP contribution is -2.01. The van der Waals surface area contributed by atoms with Crippen LogP contribution in [-0.4, -0.2) is 16.5 Å². The quantitative estimate of drug-likeness (QED) is 0.573. The van der Waals surface area contributed by atoms with Gasteiger partial charge in [0.25, 0.3) is 0 Å². The number of fused-ring (bicyclic) bond motifs is 1. The number of nitrogens with one attached hydrogen (secondary N) is 1. The molecule has 0 saturated carbocycles. The summed E-state index contributed by atoms with van der Waals surface area (Å²) in [7, 11) is 0. The van der Waals surface area contributed by atoms with Gasteiger partial charge >= 0.3 is 0 Å². The Kier molecular flexibility index (Phi) is 3.56. The second-order valence-corrected chi connectivity index (χ2v) is 5.46. The zero-order chi connectivity index (χ0) is 13.9. The zero-order valence-electron chi connectivity index (χ0n) is 10.6. The molecule has 2 aromatic carbocycles. The van der Waals surface area contributed by atoms with Crippen LogP contribution in [0.2, 0.25) is 0 Å². The molecule has 0 radical (unpaired) electrons. The van der Waals surface area contributed by atoms with Crippen molar-refractivity contribution in [1.82, 2.24) is 4.98 Å². The van der Waals surface area contributed by atoms with Crippen molar-refractivity contribution in [3.05, 3.63) is 66.1 Å². The number of carbonyl (C=O) groups excluding carboxylic acids is 1. The molecule has 0 spiro atoms. The number of thioether (sulfide) groups is 1. The van der Waals surface area contributed by atoms with Gasteiger partial charge in [-0.3, -0.25) is 4.79 Å². The first-order valence-corrected chi connectivity index (χ1v) is 7.20. The summed E-state index contributed by atoms with van der Waals surface area (Å²) in [5.41, 5.74) is 1.66. The summed E-state index contributed by atoms with van der Waals surface area (Å²) < 4.78 is 12.8. The summed E-state index contributed by atoms with van der Waals surface area (Å²) in [4.78, 5) is 16.2. The zero-order valence-corrected chi connectivity index (χ0v) is 11.4. The van der Waals surface area contributed by atoms with Gasteiger partial charge in [-0.1, -0.05) is 18.2 Å². The third-order valence-electron chi connectivity index (χ3n) is 3.07. The lowest BCUT2D eigenvalue weighted by Gasteiger charge is -2.01. The van der Waals surface area contributed by atoms with E-state index in [1.807, 2.05) is 24.3 Å². The maximum Gasteiger partial charge on any atom is 0.175 e. The highest BCUT2D eigenvalue weighted by Crippen LogP contribution is 2.23. The van der Waals surface area contributed by atoms with Crippen LogP contribution >= 0.6 is 11.8 Å². The molecule has 1 aromatic heterocycles. The predicted octanol–water partition coefficient (Wildman–Crippen LogP) is 4.28. The van der Waals surface area contributed by atoms with Crippen molar-refractivity contribution in [3.63, 3.8) is 0 Å². The Hall–Kier alpha value is -2.07. The molecule has 0 saturated heterocycles. The molecule has 3 rings (SSSR count). The van der Waals surface area contributed by atoms with Gasteiger partial charge in [-0.15, -0.1) is 11.8 Å². The van der Waals surface area contributed by atoms with Crippen molar-refractivity contribution in [2.75, 3.05) is 5.75 Å². The number of hydrogen-bond donors (Lipinski definition) is 1. The Morgan fingerprint density at radius 3 is 2.65 bits per heavy atom. The number of carbonyl (C=O) groups is 1. The predicted molar refractivity (Wildman–Crippen MR) is 79.8 cm³/mol. The van der Waals surface area contributed by atoms with Crippen LogP contribution in [0.25, 0.3) is 10.9 Å². The Labute approximate surface area is 120 Å². The summed E-state index contributed by atoms with van der Waals surface area (Å²) in [6.45, 7) is 0. The maximum absolute atomic E-state index is 12.8. The lowest BCUT2D eigenvalue weighted by atomic mass is 10.1. The molecule has 0 fully saturated rings. The van der Waals surface area contributed by atoms with E-state index in [4.69, 9.17) is 0 Å². The Balaban J connectivity index is 1.75. The number of Topliss-reactive ketones (excluding diaryl/α,β-unsaturated/α-hetero) is 1. The molecular formula is C16H12FNOS. The highest BCUT2D eigenvalue weighted by Gasteiger charge is 2.11. The third-order valence-corrected chi connectivity index (χ3v) is 4.09. The van der Waals surface area contributed by atoms with E-state index in [0.29, 0.717) is 11.3 Å². The number of benzene rings is 2. The average molecular weight is 285 g/mol. The topological polar surface area (TPSA) is 32.9 Å². The first kappa shape index (κ1) is 12.9. The van der Waals surface area contributed by atoms with Gasteiger partial charge in [0.2, 0.25) is 0 Å². The third kappa shape index (κ3) is 2.60. The average Bonchev–Trinajstić information content (AvgIpc) is 2.90. The summed E-state index contributed by atoms with van der Waals surface area (Å²) >= 11 is 1.41. The normalized spacial score (nSPS) is 10.8. The first-order valence-electron chi connectivity index (χ1n) is 6.22. The van der Waals surface area contributed by atoms with E-state index in [2.05, 4.69) is 4.98 Å². The molecular weight excluding hydrogens is 273 g/mol. The van der Waals surface area contributed by atoms with E-state index in [9.17, 15) is 9.18 Å². The molecule has 0 aliphatic carbocycles. The molecule has 0 unspecified atom stereocenters. The number of halogens is 1. The fourth-order valence-corrected chi connectivity index (χ4v) is 2.84. The molecule has 0 aliphatic heterocycles. The molecule has 0 aliphatic rings. The molecule has 0 amide bonds. The van der Waals surface area contributed by atoms with E-state index >= 15 is 0 Å². The number of hydrogen-bond acceptors (Lipinski definition) is 2. The minimum atomic E-state index is -0.266. The van der Waals surface area contributed by atoms with Crippen molar-refractivity contribution in [1.29, 1.82) is 0 Å². The Morgan fingerprint density at radius 2 is 1.85 bits per heavy atom. The molecule has 4 heteroatoms. The van der Waals surface area contributed by atoms with E-state index in [0.717, 1.165) is 15.8 Å². The number of ketones is 1. The molecule has 20 heavy (non-hydrogen) atoms. The van der Waals surface area contributed by atoms with Gasteiger partial charge in [0, 0.05) is 27.6 Å². The minimum absolute atomic E-state index is 0.0665. The highest BCUT2D eigenvalue weighted by atomic mass is 32.2. The molecule has 1 N–H and O–H groups in total. The fraction of sp³-hybridized carbons (Fsp3) is 0.0625. The fourth-order valence-electron chi connectivity index (χ4n) is 2.06. The van der Waals surface area contributed by atoms with E-state index in [-0.39, 0.29) is 11.6 Å². The van der Waals surface area contributed by atoms with Crippen LogP contribution in [0.1, 0.15) is 10.4 Å². The van der Waals surface area contributed by atoms with Crippen LogP contribution in [0, 0.1) is 5.82 Å². The van der Waals surface area contributed by atoms with Crippen LogP contribution in [0.15, 0.2) is 59.6 Å². The molecule has 0 atom stereocenters. The lowest BCUT2D eigenvalue weighted by molar-refractivity contribution is 0.102. The van der Waals surface area contributed by atoms with Crippen LogP contribution in [0.5, 0.6) is 0 Å². The number of aromatic nitrogens is 1. The van der Waals surface area contributed by atoms with Gasteiger partial charge in [0.05, 0.1) is 5.75 Å². The monoisotopic (exact) mass is 285 g/mol. The van der Waals surface area contributed by atoms with Gasteiger partial charge in [-0.25, -0.2) is 4.39 Å². The van der Waals surface area contributed by atoms with Gasteiger partial charge in [-0.2, -0.15) is 0 Å². The summed E-state index contributed by atoms with van der Waals surface area (Å²) in [6.07, 6.45) is 1.75. The van der Waals surface area contributed by atoms with Gasteiger partial charge in [0.15, 0.2) is 5.78 Å². The molecule has 1 heterocycles. The standard InChI is InChI=1S/C16H12FNOS/c17-11-5-7-12(8-6-11)20-10-16(19)14-9-18-15-4-2-1-3-13(14)15/h1-9,18H,10H2. The van der Waals surface area contributed by atoms with Crippen molar-refractivity contribution in [2.24, 2.45) is 0 Å². The van der Waals surface area contributed by atoms with E-state index in [1.54, 1.807) is 18.3 Å². The van der Waals surface area contributed by atoms with Crippen molar-refractivity contribution < 1.29 is 9.18 Å². The van der Waals surface area contributed by atoms with Crippen molar-refractivity contribution >= 4 is 28.4 Å². The van der Waals surface area contributed by atoms with Gasteiger partial charge in [-0.05, 0) is 30.3 Å². The number of H-pyrrole nitrogens is 1. The van der Waals surface area contributed by atoms with E-state index < -0.39 is 0 Å². The van der Waals surface area contributed by atoms with Crippen LogP contribution in [-0.2, 0) is 0 Å². The summed E-state index contributed by atoms with van der Waals surface area (Å²) in [6, 6.07) is 13.9. The Morgan fingerprint density at radius 1 is 1.10 bits per heavy atom. The van der Waals surface area contributed by atoms with Crippen LogP contribution in [0.4, 0.5) is 4.39 Å². The van der Waals surface area contributed by atoms with Crippen LogP contribution < -0.4 is 0 Å². The van der Waals surface area contributed by atoms with Gasteiger partial charge < -0.3 is 4.98 Å². The molecule has 0 bridgehead atoms. The highest BCUT2D eigenvalue weighted by molar-refractivity contribution is 8.00. The maximum atomic E-state index is 12.8. The summed E-state index contributed by atoms with van der Waals surface area (Å²) in [5.74, 6) is 0.141. The smallest absolute Gasteiger partial charge is 0.175 e. The van der Waals surface area contributed by atoms with E-state index in [1.165, 1.54) is 23.9 Å². The Bertz CT molecular complexity index is 749. The largest absolute Gasteiger partial charge is 0.360 e. The molecule has 2 nitrogen and oxygen atoms in total. The number of para-hydroxylation sites is 1. The molecule has 100 valence electrons. The second-order valence-electron chi connectivity index (χ2n) is 4.41. The second kappa shape index (κ2) is 5.51. The van der Waals surface area contributed by atoms with Crippen LogP contribution in [0.3, 0.4) is 0 Å². The molecule has 3 aromatic rings. The minimum Gasteiger partial charge on any atom is -0.360 e. The SMILES string of the molecule is O=C(CSc1ccc(F)cc1)c1c[nH]c2ccccc12. The first-order chi connectivity index (χ1) is 9.74. The van der Waals surface area contributed by atoms with Crippen molar-refractivity contribution in [3.8, 4) is 0 Å².